The molecule has 4 bridgehead atoms. The highest BCUT2D eigenvalue weighted by Gasteiger charge is 2.54. The Bertz CT molecular complexity index is 891. The molecule has 32 heavy (non-hydrogen) atoms. The standard InChI is InChI=1S/C26H34N2O4/c1-16(27-25(31)26-13-18-10-19(14-26)12-20(11-18)15-26)24(30)32-17(2)23(29)28-9-5-7-21-6-3-4-8-22(21)28/h3-4,6,8,16-20H,5,7,9-15H2,1-2H3,(H,27,31). The SMILES string of the molecule is CC(NC(=O)C12CC3CC(CC(C3)C1)C2)C(=O)OC(C)C(=O)N1CCCc2ccccc21. The number of benzene rings is 1. The van der Waals surface area contributed by atoms with Gasteiger partial charge in [0.05, 0.1) is 0 Å². The van der Waals surface area contributed by atoms with Crippen molar-refractivity contribution in [2.24, 2.45) is 23.2 Å². The summed E-state index contributed by atoms with van der Waals surface area (Å²) in [5.74, 6) is 1.24. The molecule has 5 aliphatic rings. The number of amides is 2. The van der Waals surface area contributed by atoms with Gasteiger partial charge in [-0.3, -0.25) is 9.59 Å². The van der Waals surface area contributed by atoms with Crippen molar-refractivity contribution in [1.29, 1.82) is 0 Å². The van der Waals surface area contributed by atoms with Crippen molar-refractivity contribution in [2.45, 2.75) is 77.4 Å². The van der Waals surface area contributed by atoms with Gasteiger partial charge >= 0.3 is 5.97 Å². The van der Waals surface area contributed by atoms with Crippen molar-refractivity contribution >= 4 is 23.5 Å². The number of nitrogens with one attached hydrogen (secondary N) is 1. The van der Waals surface area contributed by atoms with Crippen LogP contribution < -0.4 is 10.2 Å². The molecule has 0 radical (unpaired) electrons. The number of para-hydroxylation sites is 1. The first-order valence-corrected chi connectivity index (χ1v) is 12.3. The van der Waals surface area contributed by atoms with E-state index in [1.807, 2.05) is 24.3 Å². The predicted octanol–water partition coefficient (Wildman–Crippen LogP) is 3.62. The van der Waals surface area contributed by atoms with Crippen LogP contribution in [0.25, 0.3) is 0 Å². The molecule has 0 spiro atoms. The van der Waals surface area contributed by atoms with E-state index in [-0.39, 0.29) is 17.2 Å². The number of aryl methyl sites for hydroxylation is 1. The summed E-state index contributed by atoms with van der Waals surface area (Å²) in [6.45, 7) is 3.90. The molecule has 2 amide bonds. The molecule has 0 aromatic heterocycles. The van der Waals surface area contributed by atoms with Gasteiger partial charge in [0, 0.05) is 17.6 Å². The zero-order valence-electron chi connectivity index (χ0n) is 19.1. The van der Waals surface area contributed by atoms with Crippen molar-refractivity contribution in [3.63, 3.8) is 0 Å². The lowest BCUT2D eigenvalue weighted by atomic mass is 9.49. The highest BCUT2D eigenvalue weighted by molar-refractivity contribution is 5.98. The third-order valence-corrected chi connectivity index (χ3v) is 8.24. The second kappa shape index (κ2) is 8.20. The van der Waals surface area contributed by atoms with Gasteiger partial charge in [0.15, 0.2) is 6.10 Å². The van der Waals surface area contributed by atoms with Crippen LogP contribution in [-0.4, -0.2) is 36.5 Å². The molecule has 1 aromatic carbocycles. The summed E-state index contributed by atoms with van der Waals surface area (Å²) < 4.78 is 5.52. The van der Waals surface area contributed by atoms with E-state index in [0.29, 0.717) is 24.3 Å². The first kappa shape index (κ1) is 21.5. The van der Waals surface area contributed by atoms with Gasteiger partial charge in [0.25, 0.3) is 5.91 Å². The molecular formula is C26H34N2O4. The molecular weight excluding hydrogens is 404 g/mol. The van der Waals surface area contributed by atoms with Crippen molar-refractivity contribution in [3.8, 4) is 0 Å². The Hall–Kier alpha value is -2.37. The van der Waals surface area contributed by atoms with Crippen LogP contribution in [0.4, 0.5) is 5.69 Å². The van der Waals surface area contributed by atoms with Crippen LogP contribution in [-0.2, 0) is 25.5 Å². The van der Waals surface area contributed by atoms with E-state index in [2.05, 4.69) is 5.32 Å². The Morgan fingerprint density at radius 2 is 1.66 bits per heavy atom. The average Bonchev–Trinajstić information content (AvgIpc) is 2.77. The lowest BCUT2D eigenvalue weighted by Crippen LogP contribution is -2.56. The molecule has 1 aromatic rings. The third-order valence-electron chi connectivity index (χ3n) is 8.24. The fourth-order valence-corrected chi connectivity index (χ4v) is 7.11. The van der Waals surface area contributed by atoms with Gasteiger partial charge in [-0.25, -0.2) is 4.79 Å². The Morgan fingerprint density at radius 1 is 1.03 bits per heavy atom. The Kier molecular flexibility index (Phi) is 5.50. The Morgan fingerprint density at radius 3 is 2.31 bits per heavy atom. The normalized spacial score (nSPS) is 32.1. The molecule has 4 aliphatic carbocycles. The lowest BCUT2D eigenvalue weighted by molar-refractivity contribution is -0.159. The number of ether oxygens (including phenoxy) is 1. The topological polar surface area (TPSA) is 75.7 Å². The van der Waals surface area contributed by atoms with Crippen LogP contribution in [0.5, 0.6) is 0 Å². The van der Waals surface area contributed by atoms with E-state index in [1.54, 1.807) is 18.7 Å². The maximum absolute atomic E-state index is 13.2. The molecule has 0 saturated heterocycles. The molecule has 172 valence electrons. The van der Waals surface area contributed by atoms with Crippen LogP contribution in [0, 0.1) is 23.2 Å². The van der Waals surface area contributed by atoms with Crippen molar-refractivity contribution in [3.05, 3.63) is 29.8 Å². The average molecular weight is 439 g/mol. The number of esters is 1. The minimum absolute atomic E-state index is 0.00462. The van der Waals surface area contributed by atoms with E-state index < -0.39 is 18.1 Å². The summed E-state index contributed by atoms with van der Waals surface area (Å²) in [5.41, 5.74) is 1.74. The fourth-order valence-electron chi connectivity index (χ4n) is 7.11. The molecule has 4 saturated carbocycles. The first-order valence-electron chi connectivity index (χ1n) is 12.3. The van der Waals surface area contributed by atoms with Crippen LogP contribution in [0.15, 0.2) is 24.3 Å². The highest BCUT2D eigenvalue weighted by Crippen LogP contribution is 2.60. The second-order valence-corrected chi connectivity index (χ2v) is 10.7. The first-order chi connectivity index (χ1) is 15.3. The van der Waals surface area contributed by atoms with Gasteiger partial charge < -0.3 is 15.0 Å². The van der Waals surface area contributed by atoms with Gasteiger partial charge in [-0.1, -0.05) is 18.2 Å². The number of hydrogen-bond acceptors (Lipinski definition) is 4. The molecule has 6 rings (SSSR count). The molecule has 1 aliphatic heterocycles. The maximum Gasteiger partial charge on any atom is 0.329 e. The lowest BCUT2D eigenvalue weighted by Gasteiger charge is -2.55. The number of carbonyl (C=O) groups excluding carboxylic acids is 3. The quantitative estimate of drug-likeness (QED) is 0.713. The summed E-state index contributed by atoms with van der Waals surface area (Å²) in [4.78, 5) is 40.7. The summed E-state index contributed by atoms with van der Waals surface area (Å²) >= 11 is 0. The second-order valence-electron chi connectivity index (χ2n) is 10.7. The van der Waals surface area contributed by atoms with Crippen molar-refractivity contribution in [1.82, 2.24) is 5.32 Å². The van der Waals surface area contributed by atoms with Crippen LogP contribution in [0.3, 0.4) is 0 Å². The zero-order valence-corrected chi connectivity index (χ0v) is 19.1. The van der Waals surface area contributed by atoms with Gasteiger partial charge in [-0.15, -0.1) is 0 Å². The van der Waals surface area contributed by atoms with Gasteiger partial charge in [0.2, 0.25) is 5.91 Å². The minimum Gasteiger partial charge on any atom is -0.451 e. The smallest absolute Gasteiger partial charge is 0.329 e. The van der Waals surface area contributed by atoms with Crippen LogP contribution in [0.1, 0.15) is 64.4 Å². The maximum atomic E-state index is 13.2. The van der Waals surface area contributed by atoms with Crippen molar-refractivity contribution in [2.75, 3.05) is 11.4 Å². The summed E-state index contributed by atoms with van der Waals surface area (Å²) in [7, 11) is 0. The number of fused-ring (bicyclic) bond motifs is 1. The van der Waals surface area contributed by atoms with E-state index in [9.17, 15) is 14.4 Å². The molecule has 6 nitrogen and oxygen atoms in total. The van der Waals surface area contributed by atoms with Gasteiger partial charge in [-0.05, 0) is 94.6 Å². The van der Waals surface area contributed by atoms with Crippen LogP contribution in [0.2, 0.25) is 0 Å². The molecule has 6 heteroatoms. The van der Waals surface area contributed by atoms with Gasteiger partial charge in [0.1, 0.15) is 6.04 Å². The summed E-state index contributed by atoms with van der Waals surface area (Å²) in [6.07, 6.45) is 7.60. The Balaban J connectivity index is 1.19. The summed E-state index contributed by atoms with van der Waals surface area (Å²) in [5, 5.41) is 2.94. The minimum atomic E-state index is -0.896. The number of rotatable bonds is 5. The molecule has 4 fully saturated rings. The number of hydrogen-bond donors (Lipinski definition) is 1. The zero-order chi connectivity index (χ0) is 22.5. The largest absolute Gasteiger partial charge is 0.451 e. The number of nitrogens with zero attached hydrogens (tertiary/aromatic N) is 1. The monoisotopic (exact) mass is 438 g/mol. The van der Waals surface area contributed by atoms with Crippen molar-refractivity contribution < 1.29 is 19.1 Å². The summed E-state index contributed by atoms with van der Waals surface area (Å²) in [6, 6.07) is 7.11. The molecule has 2 unspecified atom stereocenters. The number of carbonyl (C=O) groups is 3. The van der Waals surface area contributed by atoms with E-state index in [0.717, 1.165) is 43.4 Å². The number of anilines is 1. The fraction of sp³-hybridized carbons (Fsp3) is 0.654. The van der Waals surface area contributed by atoms with E-state index in [4.69, 9.17) is 4.74 Å². The van der Waals surface area contributed by atoms with Crippen LogP contribution >= 0.6 is 0 Å². The Labute approximate surface area is 190 Å². The third kappa shape index (κ3) is 3.82. The van der Waals surface area contributed by atoms with Gasteiger partial charge in [-0.2, -0.15) is 0 Å². The molecule has 1 N–H and O–H groups in total. The predicted molar refractivity (Wildman–Crippen MR) is 121 cm³/mol. The molecule has 2 atom stereocenters. The van der Waals surface area contributed by atoms with E-state index >= 15 is 0 Å². The molecule has 1 heterocycles. The van der Waals surface area contributed by atoms with E-state index in [1.165, 1.54) is 19.3 Å². The highest BCUT2D eigenvalue weighted by atomic mass is 16.5.